The number of hydrogen-bond donors (Lipinski definition) is 0. The van der Waals surface area contributed by atoms with Crippen LogP contribution in [0.3, 0.4) is 0 Å². The van der Waals surface area contributed by atoms with E-state index in [0.29, 0.717) is 6.54 Å². The maximum absolute atomic E-state index is 13.7. The van der Waals surface area contributed by atoms with Crippen LogP contribution >= 0.6 is 15.9 Å². The Morgan fingerprint density at radius 1 is 1.52 bits per heavy atom. The monoisotopic (exact) mass is 360 g/mol. The van der Waals surface area contributed by atoms with Crippen molar-refractivity contribution in [2.75, 3.05) is 25.1 Å². The number of nitro groups is 1. The second-order valence-electron chi connectivity index (χ2n) is 5.02. The molecule has 8 heteroatoms. The van der Waals surface area contributed by atoms with Gasteiger partial charge in [-0.2, -0.15) is 0 Å². The van der Waals surface area contributed by atoms with E-state index >= 15 is 0 Å². The molecule has 2 atom stereocenters. The van der Waals surface area contributed by atoms with Crippen LogP contribution in [0.15, 0.2) is 16.6 Å². The van der Waals surface area contributed by atoms with Gasteiger partial charge in [0.2, 0.25) is 0 Å². The molecule has 0 N–H and O–H groups in total. The van der Waals surface area contributed by atoms with Crippen molar-refractivity contribution in [2.24, 2.45) is 11.8 Å². The molecule has 2 unspecified atom stereocenters. The van der Waals surface area contributed by atoms with Crippen molar-refractivity contribution in [3.63, 3.8) is 0 Å². The van der Waals surface area contributed by atoms with Gasteiger partial charge in [0.1, 0.15) is 11.5 Å². The molecule has 1 aromatic carbocycles. The lowest BCUT2D eigenvalue weighted by Crippen LogP contribution is -2.24. The van der Waals surface area contributed by atoms with E-state index in [2.05, 4.69) is 15.9 Å². The van der Waals surface area contributed by atoms with Crippen LogP contribution in [0.5, 0.6) is 0 Å². The standard InChI is InChI=1S/C13H14BrFN2O4/c1-7-5-16(6-8(7)13(18)21-2)11-4-10(15)9(14)3-12(11)17(19)20/h3-4,7-8H,5-6H2,1-2H3. The van der Waals surface area contributed by atoms with Crippen LogP contribution in [0.2, 0.25) is 0 Å². The Labute approximate surface area is 129 Å². The van der Waals surface area contributed by atoms with Gasteiger partial charge in [0.25, 0.3) is 5.69 Å². The third-order valence-corrected chi connectivity index (χ3v) is 4.28. The van der Waals surface area contributed by atoms with E-state index in [-0.39, 0.29) is 40.2 Å². The minimum Gasteiger partial charge on any atom is -0.469 e. The second-order valence-corrected chi connectivity index (χ2v) is 5.88. The Balaban J connectivity index is 2.37. The van der Waals surface area contributed by atoms with E-state index < -0.39 is 10.7 Å². The summed E-state index contributed by atoms with van der Waals surface area (Å²) in [6, 6.07) is 2.26. The molecule has 6 nitrogen and oxygen atoms in total. The lowest BCUT2D eigenvalue weighted by molar-refractivity contribution is -0.384. The van der Waals surface area contributed by atoms with Crippen LogP contribution in [-0.2, 0) is 9.53 Å². The molecular formula is C13H14BrFN2O4. The molecule has 0 bridgehead atoms. The van der Waals surface area contributed by atoms with Crippen molar-refractivity contribution in [2.45, 2.75) is 6.92 Å². The average Bonchev–Trinajstić information content (AvgIpc) is 2.82. The highest BCUT2D eigenvalue weighted by molar-refractivity contribution is 9.10. The quantitative estimate of drug-likeness (QED) is 0.470. The number of nitrogens with zero attached hydrogens (tertiary/aromatic N) is 2. The zero-order valence-corrected chi connectivity index (χ0v) is 13.1. The summed E-state index contributed by atoms with van der Waals surface area (Å²) in [5.41, 5.74) is -0.0139. The molecule has 0 spiro atoms. The van der Waals surface area contributed by atoms with Gasteiger partial charge in [-0.3, -0.25) is 14.9 Å². The third-order valence-electron chi connectivity index (χ3n) is 3.67. The maximum atomic E-state index is 13.7. The molecule has 114 valence electrons. The predicted octanol–water partition coefficient (Wildman–Crippen LogP) is 2.74. The van der Waals surface area contributed by atoms with Crippen LogP contribution in [0, 0.1) is 27.8 Å². The van der Waals surface area contributed by atoms with Gasteiger partial charge in [-0.05, 0) is 21.8 Å². The lowest BCUT2D eigenvalue weighted by Gasteiger charge is -2.18. The summed E-state index contributed by atoms with van der Waals surface area (Å²) in [5.74, 6) is -1.33. The maximum Gasteiger partial charge on any atom is 0.310 e. The van der Waals surface area contributed by atoms with Crippen LogP contribution in [0.1, 0.15) is 6.92 Å². The van der Waals surface area contributed by atoms with Gasteiger partial charge in [0.05, 0.1) is 22.4 Å². The summed E-state index contributed by atoms with van der Waals surface area (Å²) < 4.78 is 18.5. The van der Waals surface area contributed by atoms with Crippen molar-refractivity contribution < 1.29 is 18.8 Å². The molecule has 0 aliphatic carbocycles. The van der Waals surface area contributed by atoms with E-state index in [0.717, 1.165) is 12.1 Å². The number of anilines is 1. The van der Waals surface area contributed by atoms with Crippen LogP contribution < -0.4 is 4.90 Å². The zero-order valence-electron chi connectivity index (χ0n) is 11.5. The van der Waals surface area contributed by atoms with Gasteiger partial charge < -0.3 is 9.64 Å². The van der Waals surface area contributed by atoms with Crippen LogP contribution in [-0.4, -0.2) is 31.1 Å². The molecule has 0 aromatic heterocycles. The number of rotatable bonds is 3. The van der Waals surface area contributed by atoms with Gasteiger partial charge >= 0.3 is 5.97 Å². The van der Waals surface area contributed by atoms with E-state index in [1.807, 2.05) is 6.92 Å². The summed E-state index contributed by atoms with van der Waals surface area (Å²) in [6.07, 6.45) is 0. The van der Waals surface area contributed by atoms with Crippen molar-refractivity contribution >= 4 is 33.3 Å². The number of halogens is 2. The van der Waals surface area contributed by atoms with E-state index in [1.54, 1.807) is 4.90 Å². The molecule has 1 saturated heterocycles. The normalized spacial score (nSPS) is 21.4. The smallest absolute Gasteiger partial charge is 0.310 e. The van der Waals surface area contributed by atoms with Gasteiger partial charge in [-0.15, -0.1) is 0 Å². The Hall–Kier alpha value is -1.70. The van der Waals surface area contributed by atoms with Gasteiger partial charge in [0.15, 0.2) is 0 Å². The largest absolute Gasteiger partial charge is 0.469 e. The highest BCUT2D eigenvalue weighted by atomic mass is 79.9. The van der Waals surface area contributed by atoms with Gasteiger partial charge in [0, 0.05) is 25.2 Å². The van der Waals surface area contributed by atoms with Crippen LogP contribution in [0.25, 0.3) is 0 Å². The predicted molar refractivity (Wildman–Crippen MR) is 77.6 cm³/mol. The molecule has 1 heterocycles. The molecule has 0 saturated carbocycles. The van der Waals surface area contributed by atoms with Gasteiger partial charge in [-0.25, -0.2) is 4.39 Å². The fourth-order valence-electron chi connectivity index (χ4n) is 2.55. The van der Waals surface area contributed by atoms with Gasteiger partial charge in [-0.1, -0.05) is 6.92 Å². The summed E-state index contributed by atoms with van der Waals surface area (Å²) in [6.45, 7) is 2.57. The minimum absolute atomic E-state index is 0.0243. The number of benzene rings is 1. The SMILES string of the molecule is COC(=O)C1CN(c2cc(F)c(Br)cc2[N+](=O)[O-])CC1C. The number of carbonyl (C=O) groups is 1. The highest BCUT2D eigenvalue weighted by Crippen LogP contribution is 2.37. The number of hydrogen-bond acceptors (Lipinski definition) is 5. The van der Waals surface area contributed by atoms with Crippen LogP contribution in [0.4, 0.5) is 15.8 Å². The first-order chi connectivity index (χ1) is 9.85. The summed E-state index contributed by atoms with van der Waals surface area (Å²) in [4.78, 5) is 23.9. The number of nitro benzene ring substituents is 1. The summed E-state index contributed by atoms with van der Waals surface area (Å²) in [7, 11) is 1.31. The molecule has 1 fully saturated rings. The Morgan fingerprint density at radius 2 is 2.19 bits per heavy atom. The molecule has 0 amide bonds. The Kier molecular flexibility index (Phi) is 4.46. The molecule has 21 heavy (non-hydrogen) atoms. The lowest BCUT2D eigenvalue weighted by atomic mass is 9.99. The summed E-state index contributed by atoms with van der Waals surface area (Å²) >= 11 is 2.94. The molecule has 2 rings (SSSR count). The number of carbonyl (C=O) groups excluding carboxylic acids is 1. The topological polar surface area (TPSA) is 72.7 Å². The molecular weight excluding hydrogens is 347 g/mol. The first kappa shape index (κ1) is 15.7. The third kappa shape index (κ3) is 2.99. The number of methoxy groups -OCH3 is 1. The van der Waals surface area contributed by atoms with E-state index in [9.17, 15) is 19.3 Å². The molecule has 1 aromatic rings. The van der Waals surface area contributed by atoms with E-state index in [4.69, 9.17) is 4.74 Å². The molecule has 0 radical (unpaired) electrons. The first-order valence-electron chi connectivity index (χ1n) is 6.31. The van der Waals surface area contributed by atoms with Crippen molar-refractivity contribution in [1.29, 1.82) is 0 Å². The number of ether oxygens (including phenoxy) is 1. The fraction of sp³-hybridized carbons (Fsp3) is 0.462. The molecule has 1 aliphatic rings. The zero-order chi connectivity index (χ0) is 15.7. The Bertz CT molecular complexity index is 596. The fourth-order valence-corrected chi connectivity index (χ4v) is 2.88. The highest BCUT2D eigenvalue weighted by Gasteiger charge is 2.38. The van der Waals surface area contributed by atoms with E-state index in [1.165, 1.54) is 7.11 Å². The van der Waals surface area contributed by atoms with Crippen molar-refractivity contribution in [3.8, 4) is 0 Å². The second kappa shape index (κ2) is 5.97. The first-order valence-corrected chi connectivity index (χ1v) is 7.10. The minimum atomic E-state index is -0.579. The van der Waals surface area contributed by atoms with Crippen molar-refractivity contribution in [1.82, 2.24) is 0 Å². The number of esters is 1. The summed E-state index contributed by atoms with van der Waals surface area (Å²) in [5, 5.41) is 11.1. The molecule has 1 aliphatic heterocycles. The van der Waals surface area contributed by atoms with Crippen molar-refractivity contribution in [3.05, 3.63) is 32.5 Å². The Morgan fingerprint density at radius 3 is 2.76 bits per heavy atom. The average molecular weight is 361 g/mol.